The molecule has 3 N–H and O–H groups in total. The van der Waals surface area contributed by atoms with Gasteiger partial charge in [0.2, 0.25) is 5.91 Å². The zero-order chi connectivity index (χ0) is 18.9. The highest BCUT2D eigenvalue weighted by atomic mass is 35.5. The second-order valence-corrected chi connectivity index (χ2v) is 6.19. The van der Waals surface area contributed by atoms with Crippen molar-refractivity contribution in [1.82, 2.24) is 10.9 Å². The van der Waals surface area contributed by atoms with Gasteiger partial charge in [-0.25, -0.2) is 0 Å². The Morgan fingerprint density at radius 2 is 1.73 bits per heavy atom. The Hall–Kier alpha value is -2.73. The molecule has 7 heteroatoms. The van der Waals surface area contributed by atoms with Gasteiger partial charge in [0.1, 0.15) is 5.75 Å². The summed E-state index contributed by atoms with van der Waals surface area (Å²) in [6, 6.07) is 13.1. The van der Waals surface area contributed by atoms with Gasteiger partial charge in [-0.15, -0.1) is 0 Å². The zero-order valence-corrected chi connectivity index (χ0v) is 15.5. The second-order valence-electron chi connectivity index (χ2n) is 5.78. The number of methoxy groups -OCH3 is 1. The van der Waals surface area contributed by atoms with E-state index in [0.717, 1.165) is 16.8 Å². The maximum absolute atomic E-state index is 11.8. The topological polar surface area (TPSA) is 79.5 Å². The van der Waals surface area contributed by atoms with Gasteiger partial charge in [-0.1, -0.05) is 35.4 Å². The molecule has 2 aromatic carbocycles. The number of hydrogen-bond acceptors (Lipinski definition) is 4. The molecule has 0 aromatic heterocycles. The molecular weight excluding hydrogens is 354 g/mol. The first-order chi connectivity index (χ1) is 12.5. The number of amides is 2. The fraction of sp³-hybridized carbons (Fsp3) is 0.263. The van der Waals surface area contributed by atoms with E-state index in [1.807, 2.05) is 37.3 Å². The molecule has 2 rings (SSSR count). The normalized spacial score (nSPS) is 10.1. The van der Waals surface area contributed by atoms with Crippen molar-refractivity contribution in [2.45, 2.75) is 19.8 Å². The number of rotatable bonds is 7. The number of carbonyl (C=O) groups excluding carboxylic acids is 2. The van der Waals surface area contributed by atoms with E-state index in [2.05, 4.69) is 16.2 Å². The Kier molecular flexibility index (Phi) is 7.29. The van der Waals surface area contributed by atoms with Crippen LogP contribution in [0.2, 0.25) is 5.02 Å². The third kappa shape index (κ3) is 6.29. The Bertz CT molecular complexity index is 763. The molecule has 0 saturated carbocycles. The number of hydrazine groups is 1. The van der Waals surface area contributed by atoms with E-state index in [1.54, 1.807) is 19.2 Å². The minimum atomic E-state index is -0.327. The van der Waals surface area contributed by atoms with E-state index in [4.69, 9.17) is 16.3 Å². The molecule has 0 unspecified atom stereocenters. The van der Waals surface area contributed by atoms with Crippen LogP contribution in [-0.2, 0) is 16.0 Å². The molecule has 138 valence electrons. The average molecular weight is 376 g/mol. The van der Waals surface area contributed by atoms with Crippen molar-refractivity contribution < 1.29 is 14.3 Å². The first-order valence-corrected chi connectivity index (χ1v) is 8.56. The van der Waals surface area contributed by atoms with Gasteiger partial charge < -0.3 is 10.1 Å². The van der Waals surface area contributed by atoms with Crippen LogP contribution in [0.15, 0.2) is 42.5 Å². The molecule has 26 heavy (non-hydrogen) atoms. The number of halogens is 1. The van der Waals surface area contributed by atoms with E-state index in [-0.39, 0.29) is 24.8 Å². The summed E-state index contributed by atoms with van der Waals surface area (Å²) in [7, 11) is 1.55. The molecule has 0 heterocycles. The van der Waals surface area contributed by atoms with Crippen LogP contribution in [0.4, 0.5) is 5.69 Å². The SMILES string of the molecule is COc1ccc(CCC(=O)NNC(=O)CNc2ccc(C)cc2)cc1Cl. The molecule has 0 aliphatic rings. The molecule has 6 nitrogen and oxygen atoms in total. The monoisotopic (exact) mass is 375 g/mol. The van der Waals surface area contributed by atoms with E-state index in [1.165, 1.54) is 0 Å². The molecule has 0 bridgehead atoms. The summed E-state index contributed by atoms with van der Waals surface area (Å²) >= 11 is 6.05. The van der Waals surface area contributed by atoms with Crippen molar-refractivity contribution in [3.8, 4) is 5.75 Å². The minimum absolute atomic E-state index is 0.0669. The molecule has 0 aliphatic carbocycles. The summed E-state index contributed by atoms with van der Waals surface area (Å²) < 4.78 is 5.09. The Morgan fingerprint density at radius 1 is 1.04 bits per heavy atom. The number of ether oxygens (including phenoxy) is 1. The second kappa shape index (κ2) is 9.68. The standard InChI is InChI=1S/C19H22ClN3O3/c1-13-3-7-15(8-4-13)21-12-19(25)23-22-18(24)10-6-14-5-9-17(26-2)16(20)11-14/h3-5,7-9,11,21H,6,10,12H2,1-2H3,(H,22,24)(H,23,25). The van der Waals surface area contributed by atoms with E-state index < -0.39 is 0 Å². The molecule has 0 spiro atoms. The highest BCUT2D eigenvalue weighted by Crippen LogP contribution is 2.25. The number of carbonyl (C=O) groups is 2. The third-order valence-corrected chi connectivity index (χ3v) is 4.00. The Morgan fingerprint density at radius 3 is 2.38 bits per heavy atom. The number of nitrogens with one attached hydrogen (secondary N) is 3. The predicted octanol–water partition coefficient (Wildman–Crippen LogP) is 2.85. The smallest absolute Gasteiger partial charge is 0.257 e. The number of anilines is 1. The lowest BCUT2D eigenvalue weighted by Crippen LogP contribution is -2.44. The molecule has 2 aromatic rings. The van der Waals surface area contributed by atoms with Gasteiger partial charge in [-0.05, 0) is 43.2 Å². The highest BCUT2D eigenvalue weighted by Gasteiger charge is 2.07. The van der Waals surface area contributed by atoms with E-state index >= 15 is 0 Å². The molecular formula is C19H22ClN3O3. The summed E-state index contributed by atoms with van der Waals surface area (Å²) in [5, 5.41) is 3.48. The predicted molar refractivity (Wildman–Crippen MR) is 102 cm³/mol. The first-order valence-electron chi connectivity index (χ1n) is 8.18. The molecule has 0 aliphatic heterocycles. The van der Waals surface area contributed by atoms with Gasteiger partial charge in [0.25, 0.3) is 5.91 Å². The van der Waals surface area contributed by atoms with Gasteiger partial charge >= 0.3 is 0 Å². The van der Waals surface area contributed by atoms with Crippen LogP contribution in [0.1, 0.15) is 17.5 Å². The largest absolute Gasteiger partial charge is 0.495 e. The van der Waals surface area contributed by atoms with Crippen molar-refractivity contribution in [3.63, 3.8) is 0 Å². The molecule has 0 saturated heterocycles. The minimum Gasteiger partial charge on any atom is -0.495 e. The van der Waals surface area contributed by atoms with E-state index in [0.29, 0.717) is 17.2 Å². The Balaban J connectivity index is 1.68. The zero-order valence-electron chi connectivity index (χ0n) is 14.8. The average Bonchev–Trinajstić information content (AvgIpc) is 2.64. The van der Waals surface area contributed by atoms with Crippen molar-refractivity contribution in [2.75, 3.05) is 19.0 Å². The lowest BCUT2D eigenvalue weighted by molar-refractivity contribution is -0.128. The van der Waals surface area contributed by atoms with Crippen LogP contribution in [0.3, 0.4) is 0 Å². The molecule has 0 radical (unpaired) electrons. The quantitative estimate of drug-likeness (QED) is 0.650. The summed E-state index contributed by atoms with van der Waals surface area (Å²) in [4.78, 5) is 23.6. The lowest BCUT2D eigenvalue weighted by atomic mass is 10.1. The van der Waals surface area contributed by atoms with Crippen LogP contribution >= 0.6 is 11.6 Å². The van der Waals surface area contributed by atoms with Gasteiger partial charge in [0.15, 0.2) is 0 Å². The van der Waals surface area contributed by atoms with Crippen LogP contribution in [-0.4, -0.2) is 25.5 Å². The Labute approximate surface area is 157 Å². The van der Waals surface area contributed by atoms with E-state index in [9.17, 15) is 9.59 Å². The van der Waals surface area contributed by atoms with Crippen LogP contribution in [0.5, 0.6) is 5.75 Å². The summed E-state index contributed by atoms with van der Waals surface area (Å²) in [5.74, 6) is -0.0137. The van der Waals surface area contributed by atoms with Gasteiger partial charge in [-0.2, -0.15) is 0 Å². The fourth-order valence-corrected chi connectivity index (χ4v) is 2.50. The van der Waals surface area contributed by atoms with Crippen LogP contribution < -0.4 is 20.9 Å². The molecule has 0 fully saturated rings. The maximum Gasteiger partial charge on any atom is 0.257 e. The summed E-state index contributed by atoms with van der Waals surface area (Å²) in [6.07, 6.45) is 0.737. The first kappa shape index (κ1) is 19.6. The summed E-state index contributed by atoms with van der Waals surface area (Å²) in [5.41, 5.74) is 7.68. The van der Waals surface area contributed by atoms with Gasteiger partial charge in [-0.3, -0.25) is 20.4 Å². The van der Waals surface area contributed by atoms with Crippen molar-refractivity contribution in [3.05, 3.63) is 58.6 Å². The number of hydrogen-bond donors (Lipinski definition) is 3. The van der Waals surface area contributed by atoms with Crippen molar-refractivity contribution >= 4 is 29.1 Å². The third-order valence-electron chi connectivity index (χ3n) is 3.70. The fourth-order valence-electron chi connectivity index (χ4n) is 2.22. The van der Waals surface area contributed by atoms with Crippen LogP contribution in [0, 0.1) is 6.92 Å². The summed E-state index contributed by atoms with van der Waals surface area (Å²) in [6.45, 7) is 2.06. The van der Waals surface area contributed by atoms with Crippen LogP contribution in [0.25, 0.3) is 0 Å². The number of benzene rings is 2. The van der Waals surface area contributed by atoms with Crippen molar-refractivity contribution in [2.24, 2.45) is 0 Å². The number of aryl methyl sites for hydroxylation is 2. The molecule has 2 amide bonds. The highest BCUT2D eigenvalue weighted by molar-refractivity contribution is 6.32. The lowest BCUT2D eigenvalue weighted by Gasteiger charge is -2.10. The molecule has 0 atom stereocenters. The van der Waals surface area contributed by atoms with Gasteiger partial charge in [0, 0.05) is 12.1 Å². The van der Waals surface area contributed by atoms with Gasteiger partial charge in [0.05, 0.1) is 18.7 Å². The maximum atomic E-state index is 11.8. The van der Waals surface area contributed by atoms with Crippen molar-refractivity contribution in [1.29, 1.82) is 0 Å².